The Labute approximate surface area is 147 Å². The second-order valence-electron chi connectivity index (χ2n) is 5.64. The molecule has 0 fully saturated rings. The molecular weight excluding hydrogens is 336 g/mol. The fourth-order valence-corrected chi connectivity index (χ4v) is 2.40. The first-order valence-electron chi connectivity index (χ1n) is 7.82. The maximum atomic E-state index is 11.1. The Morgan fingerprint density at radius 3 is 2.81 bits per heavy atom. The molecule has 130 valence electrons. The Morgan fingerprint density at radius 1 is 1.19 bits per heavy atom. The third kappa shape index (κ3) is 3.22. The van der Waals surface area contributed by atoms with E-state index in [4.69, 9.17) is 4.74 Å². The van der Waals surface area contributed by atoms with Crippen LogP contribution in [0, 0.1) is 6.92 Å². The average molecular weight is 350 g/mol. The summed E-state index contributed by atoms with van der Waals surface area (Å²) < 4.78 is 11.7. The molecule has 2 aromatic heterocycles. The molecule has 1 N–H and O–H groups in total. The third-order valence-electron chi connectivity index (χ3n) is 3.73. The van der Waals surface area contributed by atoms with E-state index in [0.717, 1.165) is 5.56 Å². The molecule has 9 nitrogen and oxygen atoms in total. The molecule has 0 saturated heterocycles. The number of aromatic nitrogens is 6. The maximum Gasteiger partial charge on any atom is 0.439 e. The minimum Gasteiger partial charge on any atom is -0.457 e. The van der Waals surface area contributed by atoms with E-state index in [1.54, 1.807) is 18.2 Å². The highest BCUT2D eigenvalue weighted by atomic mass is 16.5. The van der Waals surface area contributed by atoms with Gasteiger partial charge in [-0.3, -0.25) is 9.51 Å². The van der Waals surface area contributed by atoms with E-state index in [1.165, 1.54) is 10.2 Å². The molecule has 0 aliphatic rings. The molecule has 0 amide bonds. The van der Waals surface area contributed by atoms with Crippen molar-refractivity contribution in [2.75, 3.05) is 0 Å². The first-order valence-corrected chi connectivity index (χ1v) is 7.82. The Hall–Kier alpha value is -3.75. The number of hydrogen-bond acceptors (Lipinski definition) is 7. The van der Waals surface area contributed by atoms with Crippen molar-refractivity contribution >= 4 is 0 Å². The highest BCUT2D eigenvalue weighted by Gasteiger charge is 2.12. The summed E-state index contributed by atoms with van der Waals surface area (Å²) in [5.41, 5.74) is 3.52. The molecule has 4 rings (SSSR count). The summed E-state index contributed by atoms with van der Waals surface area (Å²) in [6, 6.07) is 15.4. The molecule has 26 heavy (non-hydrogen) atoms. The molecule has 9 heteroatoms. The van der Waals surface area contributed by atoms with Crippen molar-refractivity contribution in [1.82, 2.24) is 30.3 Å². The monoisotopic (exact) mass is 350 g/mol. The molecule has 0 aliphatic heterocycles. The van der Waals surface area contributed by atoms with Gasteiger partial charge in [0.15, 0.2) is 5.82 Å². The molecule has 2 heterocycles. The Kier molecular flexibility index (Phi) is 4.02. The maximum absolute atomic E-state index is 11.1. The van der Waals surface area contributed by atoms with Gasteiger partial charge in [-0.25, -0.2) is 4.79 Å². The average Bonchev–Trinajstić information content (AvgIpc) is 3.30. The highest BCUT2D eigenvalue weighted by molar-refractivity contribution is 5.58. The molecule has 0 saturated carbocycles. The van der Waals surface area contributed by atoms with Crippen molar-refractivity contribution in [2.24, 2.45) is 0 Å². The zero-order chi connectivity index (χ0) is 17.9. The zero-order valence-electron chi connectivity index (χ0n) is 13.8. The van der Waals surface area contributed by atoms with Gasteiger partial charge in [-0.2, -0.15) is 4.68 Å². The number of tetrazole rings is 1. The fraction of sp³-hybridized carbons (Fsp3) is 0.118. The Morgan fingerprint density at radius 2 is 2.04 bits per heavy atom. The van der Waals surface area contributed by atoms with Crippen LogP contribution in [0.3, 0.4) is 0 Å². The molecule has 4 aromatic rings. The molecule has 0 unspecified atom stereocenters. The molecule has 0 radical (unpaired) electrons. The number of aryl methyl sites for hydroxylation is 1. The first kappa shape index (κ1) is 15.8. The SMILES string of the molecule is Cc1ccc(COc2nnnn2-c2cccc(-c3noc(=O)[nH]3)c2)cc1. The molecular formula is C17H14N6O3. The van der Waals surface area contributed by atoms with Crippen LogP contribution < -0.4 is 10.5 Å². The number of benzene rings is 2. The predicted molar refractivity (Wildman–Crippen MR) is 90.8 cm³/mol. The summed E-state index contributed by atoms with van der Waals surface area (Å²) in [6.07, 6.45) is 0. The lowest BCUT2D eigenvalue weighted by molar-refractivity contribution is 0.273. The van der Waals surface area contributed by atoms with Crippen molar-refractivity contribution in [3.63, 3.8) is 0 Å². The van der Waals surface area contributed by atoms with Gasteiger partial charge in [0.2, 0.25) is 0 Å². The topological polar surface area (TPSA) is 112 Å². The summed E-state index contributed by atoms with van der Waals surface area (Å²) >= 11 is 0. The van der Waals surface area contributed by atoms with Crippen LogP contribution in [0.2, 0.25) is 0 Å². The lowest BCUT2D eigenvalue weighted by Crippen LogP contribution is -2.04. The van der Waals surface area contributed by atoms with E-state index in [0.29, 0.717) is 23.7 Å². The van der Waals surface area contributed by atoms with E-state index in [9.17, 15) is 4.79 Å². The Balaban J connectivity index is 1.58. The van der Waals surface area contributed by atoms with Crippen molar-refractivity contribution in [1.29, 1.82) is 0 Å². The van der Waals surface area contributed by atoms with E-state index in [2.05, 4.69) is 30.2 Å². The van der Waals surface area contributed by atoms with Crippen LogP contribution >= 0.6 is 0 Å². The zero-order valence-corrected chi connectivity index (χ0v) is 13.8. The summed E-state index contributed by atoms with van der Waals surface area (Å²) in [6.45, 7) is 2.37. The number of hydrogen-bond donors (Lipinski definition) is 1. The van der Waals surface area contributed by atoms with Gasteiger partial charge in [0.1, 0.15) is 6.61 Å². The molecule has 0 bridgehead atoms. The lowest BCUT2D eigenvalue weighted by atomic mass is 10.2. The first-order chi connectivity index (χ1) is 12.7. The van der Waals surface area contributed by atoms with Crippen molar-refractivity contribution in [2.45, 2.75) is 13.5 Å². The standard InChI is InChI=1S/C17H14N6O3/c1-11-5-7-12(8-6-11)10-25-16-19-21-22-23(16)14-4-2-3-13(9-14)15-18-17(24)26-20-15/h2-9H,10H2,1H3,(H,18,20,24). The van der Waals surface area contributed by atoms with Crippen LogP contribution in [-0.2, 0) is 6.61 Å². The lowest BCUT2D eigenvalue weighted by Gasteiger charge is -2.07. The van der Waals surface area contributed by atoms with Gasteiger partial charge >= 0.3 is 11.8 Å². The summed E-state index contributed by atoms with van der Waals surface area (Å²) in [7, 11) is 0. The molecule has 2 aromatic carbocycles. The van der Waals surface area contributed by atoms with Crippen LogP contribution in [-0.4, -0.2) is 30.3 Å². The van der Waals surface area contributed by atoms with Crippen LogP contribution in [0.5, 0.6) is 6.01 Å². The number of nitrogens with one attached hydrogen (secondary N) is 1. The van der Waals surface area contributed by atoms with Gasteiger partial charge in [0, 0.05) is 5.56 Å². The van der Waals surface area contributed by atoms with Gasteiger partial charge in [-0.15, -0.1) is 0 Å². The second kappa shape index (κ2) is 6.63. The number of aromatic amines is 1. The number of nitrogens with zero attached hydrogens (tertiary/aromatic N) is 5. The summed E-state index contributed by atoms with van der Waals surface area (Å²) in [5.74, 6) is -0.290. The Bertz CT molecular complexity index is 1080. The molecule has 0 aliphatic carbocycles. The summed E-state index contributed by atoms with van der Waals surface area (Å²) in [4.78, 5) is 13.6. The van der Waals surface area contributed by atoms with E-state index >= 15 is 0 Å². The smallest absolute Gasteiger partial charge is 0.439 e. The van der Waals surface area contributed by atoms with Crippen LogP contribution in [0.25, 0.3) is 17.1 Å². The van der Waals surface area contributed by atoms with Crippen LogP contribution in [0.1, 0.15) is 11.1 Å². The van der Waals surface area contributed by atoms with Crippen molar-refractivity contribution in [3.05, 3.63) is 70.2 Å². The van der Waals surface area contributed by atoms with E-state index < -0.39 is 5.76 Å². The summed E-state index contributed by atoms with van der Waals surface area (Å²) in [5, 5.41) is 15.2. The van der Waals surface area contributed by atoms with Crippen LogP contribution in [0.4, 0.5) is 0 Å². The van der Waals surface area contributed by atoms with Crippen LogP contribution in [0.15, 0.2) is 57.8 Å². The highest BCUT2D eigenvalue weighted by Crippen LogP contribution is 2.20. The van der Waals surface area contributed by atoms with Gasteiger partial charge in [0.25, 0.3) is 0 Å². The number of ether oxygens (including phenoxy) is 1. The normalized spacial score (nSPS) is 10.8. The van der Waals surface area contributed by atoms with E-state index in [-0.39, 0.29) is 6.01 Å². The largest absolute Gasteiger partial charge is 0.457 e. The number of rotatable bonds is 5. The number of H-pyrrole nitrogens is 1. The second-order valence-corrected chi connectivity index (χ2v) is 5.64. The van der Waals surface area contributed by atoms with Gasteiger partial charge in [-0.1, -0.05) is 52.2 Å². The molecule has 0 spiro atoms. The fourth-order valence-electron chi connectivity index (χ4n) is 2.40. The molecule has 0 atom stereocenters. The van der Waals surface area contributed by atoms with E-state index in [1.807, 2.05) is 37.3 Å². The van der Waals surface area contributed by atoms with Crippen molar-refractivity contribution < 1.29 is 9.26 Å². The third-order valence-corrected chi connectivity index (χ3v) is 3.73. The van der Waals surface area contributed by atoms with Gasteiger partial charge in [0.05, 0.1) is 5.69 Å². The minimum atomic E-state index is -0.616. The van der Waals surface area contributed by atoms with Gasteiger partial charge in [-0.05, 0) is 35.0 Å². The minimum absolute atomic E-state index is 0.261. The quantitative estimate of drug-likeness (QED) is 0.585. The van der Waals surface area contributed by atoms with Crippen molar-refractivity contribution in [3.8, 4) is 23.1 Å². The predicted octanol–water partition coefficient (Wildman–Crippen LogP) is 1.89. The van der Waals surface area contributed by atoms with Gasteiger partial charge < -0.3 is 4.74 Å².